The van der Waals surface area contributed by atoms with Gasteiger partial charge < -0.3 is 5.11 Å². The van der Waals surface area contributed by atoms with Crippen LogP contribution in [0.1, 0.15) is 25.5 Å². The van der Waals surface area contributed by atoms with Crippen molar-refractivity contribution in [3.63, 3.8) is 0 Å². The number of rotatable bonds is 1. The Balaban J connectivity index is 2.83. The predicted octanol–water partition coefficient (Wildman–Crippen LogP) is 2.66. The van der Waals surface area contributed by atoms with E-state index in [1.807, 2.05) is 13.8 Å². The zero-order chi connectivity index (χ0) is 11.2. The first-order chi connectivity index (χ1) is 7.00. The summed E-state index contributed by atoms with van der Waals surface area (Å²) in [4.78, 5) is 11.9. The molecular weight excluding hydrogens is 210 g/mol. The Bertz CT molecular complexity index is 566. The van der Waals surface area contributed by atoms with Crippen LogP contribution in [0.15, 0.2) is 16.9 Å². The monoisotopic (exact) mass is 223 g/mol. The van der Waals surface area contributed by atoms with Crippen LogP contribution in [0.2, 0.25) is 0 Å². The lowest BCUT2D eigenvalue weighted by Crippen LogP contribution is -2.14. The summed E-state index contributed by atoms with van der Waals surface area (Å²) in [7, 11) is 0. The number of benzene rings is 1. The molecule has 0 aliphatic heterocycles. The average molecular weight is 223 g/mol. The van der Waals surface area contributed by atoms with Gasteiger partial charge in [-0.1, -0.05) is 11.5 Å². The maximum Gasteiger partial charge on any atom is 0.268 e. The van der Waals surface area contributed by atoms with Crippen LogP contribution in [0.5, 0.6) is 5.75 Å². The third-order valence-corrected chi connectivity index (χ3v) is 3.71. The van der Waals surface area contributed by atoms with Gasteiger partial charge in [-0.3, -0.25) is 8.75 Å². The molecule has 0 amide bonds. The lowest BCUT2D eigenvalue weighted by atomic mass is 10.2. The van der Waals surface area contributed by atoms with Crippen LogP contribution >= 0.6 is 11.5 Å². The van der Waals surface area contributed by atoms with Crippen molar-refractivity contribution in [1.82, 2.24) is 3.96 Å². The molecule has 0 bridgehead atoms. The molecule has 4 heteroatoms. The van der Waals surface area contributed by atoms with Crippen molar-refractivity contribution >= 4 is 21.6 Å². The number of aryl methyl sites for hydroxylation is 1. The first-order valence-corrected chi connectivity index (χ1v) is 5.63. The molecule has 2 aromatic rings. The van der Waals surface area contributed by atoms with Gasteiger partial charge in [-0.15, -0.1) is 0 Å². The van der Waals surface area contributed by atoms with Crippen LogP contribution in [0.4, 0.5) is 0 Å². The number of aromatic hydroxyl groups is 1. The van der Waals surface area contributed by atoms with Crippen LogP contribution in [0.3, 0.4) is 0 Å². The van der Waals surface area contributed by atoms with Crippen LogP contribution in [0, 0.1) is 6.92 Å². The first kappa shape index (κ1) is 10.2. The Morgan fingerprint density at radius 2 is 2.07 bits per heavy atom. The molecule has 0 aliphatic carbocycles. The standard InChI is InChI=1S/C11H13NO2S/c1-6(2)12-11(14)8-4-7(3)9(13)5-10(8)15-12/h4-6,13H,1-3H3. The second-order valence-corrected chi connectivity index (χ2v) is 4.97. The molecule has 1 aromatic carbocycles. The fourth-order valence-corrected chi connectivity index (χ4v) is 2.54. The van der Waals surface area contributed by atoms with Crippen LogP contribution in [-0.2, 0) is 0 Å². The van der Waals surface area contributed by atoms with E-state index in [-0.39, 0.29) is 17.4 Å². The number of phenolic OH excluding ortho intramolecular Hbond substituents is 1. The fraction of sp³-hybridized carbons (Fsp3) is 0.364. The van der Waals surface area contributed by atoms with Crippen LogP contribution < -0.4 is 5.56 Å². The van der Waals surface area contributed by atoms with Gasteiger partial charge in [-0.05, 0) is 38.5 Å². The summed E-state index contributed by atoms with van der Waals surface area (Å²) >= 11 is 1.40. The number of nitrogens with zero attached hydrogens (tertiary/aromatic N) is 1. The Labute approximate surface area is 91.7 Å². The highest BCUT2D eigenvalue weighted by Gasteiger charge is 2.11. The minimum atomic E-state index is 0.0353. The highest BCUT2D eigenvalue weighted by molar-refractivity contribution is 7.13. The normalized spacial score (nSPS) is 11.5. The van der Waals surface area contributed by atoms with E-state index in [4.69, 9.17) is 0 Å². The second-order valence-electron chi connectivity index (χ2n) is 3.95. The predicted molar refractivity (Wildman–Crippen MR) is 62.9 cm³/mol. The van der Waals surface area contributed by atoms with E-state index in [9.17, 15) is 9.90 Å². The molecule has 1 heterocycles. The Kier molecular flexibility index (Phi) is 2.31. The molecule has 0 aliphatic rings. The summed E-state index contributed by atoms with van der Waals surface area (Å²) in [5.74, 6) is 0.250. The minimum Gasteiger partial charge on any atom is -0.508 e. The van der Waals surface area contributed by atoms with E-state index in [1.165, 1.54) is 11.5 Å². The Morgan fingerprint density at radius 1 is 1.40 bits per heavy atom. The van der Waals surface area contributed by atoms with Gasteiger partial charge in [-0.25, -0.2) is 0 Å². The molecule has 0 radical (unpaired) electrons. The van der Waals surface area contributed by atoms with Crippen LogP contribution in [0.25, 0.3) is 10.1 Å². The third kappa shape index (κ3) is 1.55. The molecule has 3 nitrogen and oxygen atoms in total. The number of hydrogen-bond donors (Lipinski definition) is 1. The van der Waals surface area contributed by atoms with E-state index < -0.39 is 0 Å². The number of hydrogen-bond acceptors (Lipinski definition) is 3. The maximum absolute atomic E-state index is 11.9. The van der Waals surface area contributed by atoms with Crippen molar-refractivity contribution in [3.8, 4) is 5.75 Å². The molecule has 80 valence electrons. The van der Waals surface area contributed by atoms with E-state index in [2.05, 4.69) is 0 Å². The van der Waals surface area contributed by atoms with Gasteiger partial charge in [0.2, 0.25) is 0 Å². The molecule has 0 saturated heterocycles. The highest BCUT2D eigenvalue weighted by Crippen LogP contribution is 2.26. The highest BCUT2D eigenvalue weighted by atomic mass is 32.1. The van der Waals surface area contributed by atoms with Gasteiger partial charge >= 0.3 is 0 Å². The average Bonchev–Trinajstić information content (AvgIpc) is 2.46. The van der Waals surface area contributed by atoms with Gasteiger partial charge in [0.15, 0.2) is 0 Å². The second kappa shape index (κ2) is 3.38. The first-order valence-electron chi connectivity index (χ1n) is 4.86. The maximum atomic E-state index is 11.9. The Hall–Kier alpha value is -1.29. The smallest absolute Gasteiger partial charge is 0.268 e. The van der Waals surface area contributed by atoms with Crippen molar-refractivity contribution in [3.05, 3.63) is 28.0 Å². The van der Waals surface area contributed by atoms with Crippen molar-refractivity contribution in [2.45, 2.75) is 26.8 Å². The molecule has 15 heavy (non-hydrogen) atoms. The number of fused-ring (bicyclic) bond motifs is 1. The van der Waals surface area contributed by atoms with Gasteiger partial charge in [0.1, 0.15) is 5.75 Å². The molecule has 2 rings (SSSR count). The van der Waals surface area contributed by atoms with E-state index in [1.54, 1.807) is 23.0 Å². The molecule has 0 fully saturated rings. The third-order valence-electron chi connectivity index (χ3n) is 2.39. The molecule has 0 unspecified atom stereocenters. The lowest BCUT2D eigenvalue weighted by Gasteiger charge is -2.01. The molecule has 1 N–H and O–H groups in total. The van der Waals surface area contributed by atoms with Crippen molar-refractivity contribution < 1.29 is 5.11 Å². The van der Waals surface area contributed by atoms with Gasteiger partial charge in [0.05, 0.1) is 10.1 Å². The topological polar surface area (TPSA) is 42.2 Å². The van der Waals surface area contributed by atoms with Crippen molar-refractivity contribution in [2.24, 2.45) is 0 Å². The molecule has 0 spiro atoms. The van der Waals surface area contributed by atoms with E-state index >= 15 is 0 Å². The number of aromatic nitrogens is 1. The van der Waals surface area contributed by atoms with Crippen LogP contribution in [-0.4, -0.2) is 9.06 Å². The Morgan fingerprint density at radius 3 is 2.67 bits per heavy atom. The van der Waals surface area contributed by atoms with Gasteiger partial charge in [0, 0.05) is 6.04 Å². The minimum absolute atomic E-state index is 0.0353. The summed E-state index contributed by atoms with van der Waals surface area (Å²) in [5, 5.41) is 10.2. The summed E-state index contributed by atoms with van der Waals surface area (Å²) in [6.45, 7) is 5.75. The van der Waals surface area contributed by atoms with Crippen molar-refractivity contribution in [1.29, 1.82) is 0 Å². The lowest BCUT2D eigenvalue weighted by molar-refractivity contribution is 0.472. The zero-order valence-electron chi connectivity index (χ0n) is 8.94. The largest absolute Gasteiger partial charge is 0.508 e. The van der Waals surface area contributed by atoms with E-state index in [0.717, 1.165) is 10.3 Å². The zero-order valence-corrected chi connectivity index (χ0v) is 9.76. The molecule has 0 saturated carbocycles. The van der Waals surface area contributed by atoms with Crippen molar-refractivity contribution in [2.75, 3.05) is 0 Å². The SMILES string of the molecule is Cc1cc2c(=O)n(C(C)C)sc2cc1O. The summed E-state index contributed by atoms with van der Waals surface area (Å²) in [6, 6.07) is 3.58. The molecule has 0 atom stereocenters. The quantitative estimate of drug-likeness (QED) is 0.807. The molecular formula is C11H13NO2S. The van der Waals surface area contributed by atoms with E-state index in [0.29, 0.717) is 5.39 Å². The molecule has 1 aromatic heterocycles. The summed E-state index contributed by atoms with van der Waals surface area (Å²) in [5.41, 5.74) is 0.779. The fourth-order valence-electron chi connectivity index (χ4n) is 1.53. The summed E-state index contributed by atoms with van der Waals surface area (Å²) in [6.07, 6.45) is 0. The van der Waals surface area contributed by atoms with Gasteiger partial charge in [-0.2, -0.15) is 0 Å². The summed E-state index contributed by atoms with van der Waals surface area (Å²) < 4.78 is 2.57. The van der Waals surface area contributed by atoms with Gasteiger partial charge in [0.25, 0.3) is 5.56 Å². The number of phenols is 1.